The fourth-order valence-electron chi connectivity index (χ4n) is 1.58. The quantitative estimate of drug-likeness (QED) is 0.726. The van der Waals surface area contributed by atoms with E-state index in [1.54, 1.807) is 6.20 Å². The van der Waals surface area contributed by atoms with Crippen molar-refractivity contribution in [2.24, 2.45) is 5.92 Å². The number of hydrogen-bond donors (Lipinski definition) is 2. The molecule has 0 saturated carbocycles. The van der Waals surface area contributed by atoms with Crippen molar-refractivity contribution in [3.63, 3.8) is 0 Å². The summed E-state index contributed by atoms with van der Waals surface area (Å²) in [5.74, 6) is 0.681. The lowest BCUT2D eigenvalue weighted by molar-refractivity contribution is -0.120. The molecule has 0 aliphatic heterocycles. The zero-order chi connectivity index (χ0) is 13.4. The van der Waals surface area contributed by atoms with E-state index in [1.807, 2.05) is 23.9 Å². The average molecular weight is 252 g/mol. The van der Waals surface area contributed by atoms with E-state index >= 15 is 0 Å². The minimum Gasteiger partial charge on any atom is -0.355 e. The van der Waals surface area contributed by atoms with E-state index in [4.69, 9.17) is 0 Å². The summed E-state index contributed by atoms with van der Waals surface area (Å²) >= 11 is 0. The Morgan fingerprint density at radius 1 is 1.39 bits per heavy atom. The first kappa shape index (κ1) is 14.7. The lowest BCUT2D eigenvalue weighted by atomic mass is 10.1. The van der Waals surface area contributed by atoms with Crippen LogP contribution in [0.3, 0.4) is 0 Å². The number of rotatable bonds is 8. The lowest BCUT2D eigenvalue weighted by Crippen LogP contribution is -2.40. The predicted octanol–water partition coefficient (Wildman–Crippen LogP) is 1.02. The van der Waals surface area contributed by atoms with Gasteiger partial charge in [0.05, 0.1) is 13.1 Å². The van der Waals surface area contributed by atoms with Gasteiger partial charge in [-0.1, -0.05) is 13.8 Å². The van der Waals surface area contributed by atoms with Crippen LogP contribution in [0.1, 0.15) is 27.2 Å². The molecule has 1 amide bonds. The van der Waals surface area contributed by atoms with Gasteiger partial charge in [-0.2, -0.15) is 5.10 Å². The molecule has 0 bridgehead atoms. The predicted molar refractivity (Wildman–Crippen MR) is 72.2 cm³/mol. The third kappa shape index (κ3) is 6.39. The van der Waals surface area contributed by atoms with Gasteiger partial charge in [-0.3, -0.25) is 9.48 Å². The molecule has 18 heavy (non-hydrogen) atoms. The van der Waals surface area contributed by atoms with E-state index in [-0.39, 0.29) is 11.9 Å². The summed E-state index contributed by atoms with van der Waals surface area (Å²) in [5, 5.41) is 10.2. The molecule has 0 fully saturated rings. The van der Waals surface area contributed by atoms with Crippen LogP contribution >= 0.6 is 0 Å². The molecule has 0 aromatic carbocycles. The number of nitrogens with one attached hydrogen (secondary N) is 2. The van der Waals surface area contributed by atoms with Gasteiger partial charge in [-0.05, 0) is 25.3 Å². The van der Waals surface area contributed by atoms with E-state index in [0.29, 0.717) is 12.5 Å². The summed E-state index contributed by atoms with van der Waals surface area (Å²) in [6.45, 7) is 8.23. The first-order valence-electron chi connectivity index (χ1n) is 6.55. The molecule has 0 spiro atoms. The summed E-state index contributed by atoms with van der Waals surface area (Å²) in [7, 11) is 0. The van der Waals surface area contributed by atoms with E-state index in [9.17, 15) is 4.79 Å². The molecule has 102 valence electrons. The fraction of sp³-hybridized carbons (Fsp3) is 0.692. The zero-order valence-electron chi connectivity index (χ0n) is 11.5. The Balaban J connectivity index is 2.10. The average Bonchev–Trinajstić information content (AvgIpc) is 2.78. The second-order valence-corrected chi connectivity index (χ2v) is 5.04. The van der Waals surface area contributed by atoms with E-state index < -0.39 is 0 Å². The topological polar surface area (TPSA) is 59.0 Å². The Morgan fingerprint density at radius 2 is 2.17 bits per heavy atom. The molecule has 5 nitrogen and oxygen atoms in total. The summed E-state index contributed by atoms with van der Waals surface area (Å²) < 4.78 is 1.86. The van der Waals surface area contributed by atoms with Crippen LogP contribution in [0.25, 0.3) is 0 Å². The van der Waals surface area contributed by atoms with Gasteiger partial charge < -0.3 is 10.6 Å². The van der Waals surface area contributed by atoms with E-state index in [1.165, 1.54) is 0 Å². The zero-order valence-corrected chi connectivity index (χ0v) is 11.5. The summed E-state index contributed by atoms with van der Waals surface area (Å²) in [4.78, 5) is 11.5. The molecule has 1 unspecified atom stereocenters. The van der Waals surface area contributed by atoms with Crippen LogP contribution in [0, 0.1) is 5.92 Å². The molecule has 1 rings (SSSR count). The Labute approximate surface area is 109 Å². The number of carbonyl (C=O) groups excluding carboxylic acids is 1. The fourth-order valence-corrected chi connectivity index (χ4v) is 1.58. The molecule has 2 N–H and O–H groups in total. The highest BCUT2D eigenvalue weighted by atomic mass is 16.1. The van der Waals surface area contributed by atoms with Crippen molar-refractivity contribution in [3.8, 4) is 0 Å². The normalized spacial score (nSPS) is 12.7. The number of hydrogen-bond acceptors (Lipinski definition) is 3. The molecule has 0 radical (unpaired) electrons. The molecule has 1 atom stereocenters. The summed E-state index contributed by atoms with van der Waals surface area (Å²) in [6, 6.07) is 2.12. The first-order chi connectivity index (χ1) is 8.58. The van der Waals surface area contributed by atoms with Gasteiger partial charge in [0.1, 0.15) is 0 Å². The number of carbonyl (C=O) groups is 1. The molecule has 0 aliphatic rings. The second-order valence-electron chi connectivity index (χ2n) is 5.04. The van der Waals surface area contributed by atoms with Gasteiger partial charge in [0.25, 0.3) is 0 Å². The summed E-state index contributed by atoms with van der Waals surface area (Å²) in [6.07, 6.45) is 4.70. The Bertz CT molecular complexity index is 335. The standard InChI is InChI=1S/C13H24N4O/c1-11(2)5-7-14-13(18)9-15-12(3)10-17-8-4-6-16-17/h4,6,8,11-12,15H,5,7,9-10H2,1-3H3,(H,14,18). The molecule has 1 heterocycles. The number of aromatic nitrogens is 2. The molecular weight excluding hydrogens is 228 g/mol. The Kier molecular flexibility index (Phi) is 6.43. The van der Waals surface area contributed by atoms with Crippen molar-refractivity contribution >= 4 is 5.91 Å². The molecule has 1 aromatic rings. The Morgan fingerprint density at radius 3 is 2.78 bits per heavy atom. The molecule has 5 heteroatoms. The molecule has 0 aliphatic carbocycles. The van der Waals surface area contributed by atoms with E-state index in [0.717, 1.165) is 19.5 Å². The molecular formula is C13H24N4O. The highest BCUT2D eigenvalue weighted by Crippen LogP contribution is 1.96. The Hall–Kier alpha value is -1.36. The van der Waals surface area contributed by atoms with Crippen LogP contribution in [0.2, 0.25) is 0 Å². The van der Waals surface area contributed by atoms with Gasteiger partial charge in [0.15, 0.2) is 0 Å². The molecule has 0 saturated heterocycles. The SMILES string of the molecule is CC(C)CCNC(=O)CNC(C)Cn1cccn1. The highest BCUT2D eigenvalue weighted by Gasteiger charge is 2.06. The van der Waals surface area contributed by atoms with Crippen LogP contribution in [0.15, 0.2) is 18.5 Å². The van der Waals surface area contributed by atoms with Crippen molar-refractivity contribution in [3.05, 3.63) is 18.5 Å². The highest BCUT2D eigenvalue weighted by molar-refractivity contribution is 5.77. The van der Waals surface area contributed by atoms with Gasteiger partial charge in [0, 0.05) is 25.0 Å². The van der Waals surface area contributed by atoms with Crippen molar-refractivity contribution in [2.75, 3.05) is 13.1 Å². The van der Waals surface area contributed by atoms with Crippen LogP contribution in [0.5, 0.6) is 0 Å². The third-order valence-corrected chi connectivity index (χ3v) is 2.68. The third-order valence-electron chi connectivity index (χ3n) is 2.68. The minimum atomic E-state index is 0.0583. The van der Waals surface area contributed by atoms with Gasteiger partial charge >= 0.3 is 0 Å². The van der Waals surface area contributed by atoms with Crippen molar-refractivity contribution in [2.45, 2.75) is 39.8 Å². The van der Waals surface area contributed by atoms with E-state index in [2.05, 4.69) is 29.6 Å². The largest absolute Gasteiger partial charge is 0.355 e. The van der Waals surface area contributed by atoms with Crippen LogP contribution < -0.4 is 10.6 Å². The number of amides is 1. The second kappa shape index (κ2) is 7.87. The first-order valence-corrected chi connectivity index (χ1v) is 6.55. The van der Waals surface area contributed by atoms with Crippen molar-refractivity contribution in [1.29, 1.82) is 0 Å². The summed E-state index contributed by atoms with van der Waals surface area (Å²) in [5.41, 5.74) is 0. The molecule has 1 aromatic heterocycles. The maximum atomic E-state index is 11.5. The van der Waals surface area contributed by atoms with Crippen LogP contribution in [-0.2, 0) is 11.3 Å². The maximum absolute atomic E-state index is 11.5. The monoisotopic (exact) mass is 252 g/mol. The van der Waals surface area contributed by atoms with Gasteiger partial charge in [0.2, 0.25) is 5.91 Å². The smallest absolute Gasteiger partial charge is 0.233 e. The van der Waals surface area contributed by atoms with Crippen LogP contribution in [-0.4, -0.2) is 34.8 Å². The van der Waals surface area contributed by atoms with Crippen LogP contribution in [0.4, 0.5) is 0 Å². The number of nitrogens with zero attached hydrogens (tertiary/aromatic N) is 2. The van der Waals surface area contributed by atoms with Gasteiger partial charge in [-0.15, -0.1) is 0 Å². The van der Waals surface area contributed by atoms with Crippen molar-refractivity contribution < 1.29 is 4.79 Å². The van der Waals surface area contributed by atoms with Gasteiger partial charge in [-0.25, -0.2) is 0 Å². The minimum absolute atomic E-state index is 0.0583. The lowest BCUT2D eigenvalue weighted by Gasteiger charge is -2.14. The van der Waals surface area contributed by atoms with Crippen molar-refractivity contribution in [1.82, 2.24) is 20.4 Å². The maximum Gasteiger partial charge on any atom is 0.233 e.